The highest BCUT2D eigenvalue weighted by molar-refractivity contribution is 6.30. The zero-order valence-electron chi connectivity index (χ0n) is 16.0. The quantitative estimate of drug-likeness (QED) is 0.648. The van der Waals surface area contributed by atoms with Crippen LogP contribution in [0, 0.1) is 0 Å². The lowest BCUT2D eigenvalue weighted by Crippen LogP contribution is -2.43. The summed E-state index contributed by atoms with van der Waals surface area (Å²) in [5.41, 5.74) is 2.47. The average Bonchev–Trinajstić information content (AvgIpc) is 2.93. The highest BCUT2D eigenvalue weighted by Gasteiger charge is 2.30. The molecule has 3 aromatic rings. The molecule has 0 fully saturated rings. The molecular weight excluding hydrogens is 388 g/mol. The van der Waals surface area contributed by atoms with Crippen molar-refractivity contribution in [1.82, 2.24) is 15.0 Å². The molecule has 3 heterocycles. The maximum Gasteiger partial charge on any atom is 0.328 e. The molecule has 1 atom stereocenters. The van der Waals surface area contributed by atoms with Crippen LogP contribution in [0.25, 0.3) is 11.3 Å². The molecule has 1 aromatic carbocycles. The van der Waals surface area contributed by atoms with Gasteiger partial charge in [0.2, 0.25) is 0 Å². The number of rotatable bonds is 3. The van der Waals surface area contributed by atoms with Gasteiger partial charge in [-0.3, -0.25) is 10.2 Å². The topological polar surface area (TPSA) is 83.0 Å². The van der Waals surface area contributed by atoms with Crippen LogP contribution in [0.3, 0.4) is 0 Å². The van der Waals surface area contributed by atoms with Crippen molar-refractivity contribution in [1.29, 1.82) is 0 Å². The lowest BCUT2D eigenvalue weighted by Gasteiger charge is -2.29. The molecule has 0 saturated carbocycles. The summed E-state index contributed by atoms with van der Waals surface area (Å²) < 4.78 is 0. The van der Waals surface area contributed by atoms with Crippen molar-refractivity contribution in [2.75, 3.05) is 22.1 Å². The Morgan fingerprint density at radius 3 is 2.97 bits per heavy atom. The van der Waals surface area contributed by atoms with Crippen LogP contribution in [0.2, 0.25) is 5.02 Å². The smallest absolute Gasteiger partial charge is 0.328 e. The van der Waals surface area contributed by atoms with Crippen molar-refractivity contribution in [2.45, 2.75) is 25.8 Å². The Morgan fingerprint density at radius 1 is 1.31 bits per heavy atom. The van der Waals surface area contributed by atoms with Crippen molar-refractivity contribution < 1.29 is 4.79 Å². The Hall–Kier alpha value is -3.19. The van der Waals surface area contributed by atoms with Gasteiger partial charge in [-0.1, -0.05) is 30.7 Å². The second kappa shape index (κ2) is 8.45. The number of urea groups is 1. The van der Waals surface area contributed by atoms with E-state index in [-0.39, 0.29) is 12.1 Å². The van der Waals surface area contributed by atoms with Gasteiger partial charge in [0.25, 0.3) is 0 Å². The largest absolute Gasteiger partial charge is 0.382 e. The number of fused-ring (bicyclic) bond motifs is 1. The number of hydrogen-bond donors (Lipinski definition) is 2. The normalized spacial score (nSPS) is 15.8. The van der Waals surface area contributed by atoms with Crippen molar-refractivity contribution >= 4 is 35.0 Å². The molecule has 7 nitrogen and oxygen atoms in total. The molecule has 1 aliphatic rings. The van der Waals surface area contributed by atoms with Crippen LogP contribution < -0.4 is 15.5 Å². The standard InChI is InChI=1S/C21H21ClN6O/c1-2-16-8-11-24-18-7-6-17(14-4-3-5-15(22)12-14)26-20(18)28(16)21(29)27-19-9-10-23-13-25-19/h3-7,9-10,12-13,16,24H,2,8,11H2,1H3,(H,23,25,27,29)/t16-/m0/s1. The lowest BCUT2D eigenvalue weighted by atomic mass is 10.1. The molecule has 2 amide bonds. The lowest BCUT2D eigenvalue weighted by molar-refractivity contribution is 0.254. The van der Waals surface area contributed by atoms with Crippen LogP contribution in [0.5, 0.6) is 0 Å². The van der Waals surface area contributed by atoms with Crippen LogP contribution >= 0.6 is 11.6 Å². The van der Waals surface area contributed by atoms with Crippen LogP contribution in [0.1, 0.15) is 19.8 Å². The Morgan fingerprint density at radius 2 is 2.21 bits per heavy atom. The molecule has 2 N–H and O–H groups in total. The van der Waals surface area contributed by atoms with E-state index in [1.165, 1.54) is 6.33 Å². The van der Waals surface area contributed by atoms with E-state index in [9.17, 15) is 4.79 Å². The fourth-order valence-corrected chi connectivity index (χ4v) is 3.63. The number of pyridine rings is 1. The van der Waals surface area contributed by atoms with Crippen molar-refractivity contribution in [3.63, 3.8) is 0 Å². The second-order valence-corrected chi connectivity index (χ2v) is 7.19. The second-order valence-electron chi connectivity index (χ2n) is 6.75. The first kappa shape index (κ1) is 19.1. The summed E-state index contributed by atoms with van der Waals surface area (Å²) in [6.45, 7) is 2.84. The molecule has 0 radical (unpaired) electrons. The number of carbonyl (C=O) groups is 1. The highest BCUT2D eigenvalue weighted by Crippen LogP contribution is 2.33. The van der Waals surface area contributed by atoms with Gasteiger partial charge in [0.05, 0.1) is 11.4 Å². The minimum absolute atomic E-state index is 0.00713. The summed E-state index contributed by atoms with van der Waals surface area (Å²) in [5, 5.41) is 6.89. The first-order chi connectivity index (χ1) is 14.2. The molecule has 0 spiro atoms. The number of benzene rings is 1. The third-order valence-electron chi connectivity index (χ3n) is 4.89. The number of aromatic nitrogens is 3. The minimum Gasteiger partial charge on any atom is -0.382 e. The Labute approximate surface area is 174 Å². The zero-order chi connectivity index (χ0) is 20.2. The van der Waals surface area contributed by atoms with Crippen LogP contribution in [0.4, 0.5) is 22.1 Å². The van der Waals surface area contributed by atoms with Crippen molar-refractivity contribution in [3.8, 4) is 11.3 Å². The maximum atomic E-state index is 13.2. The van der Waals surface area contributed by atoms with Gasteiger partial charge in [0, 0.05) is 29.4 Å². The number of nitrogens with one attached hydrogen (secondary N) is 2. The van der Waals surface area contributed by atoms with E-state index in [2.05, 4.69) is 27.5 Å². The van der Waals surface area contributed by atoms with Gasteiger partial charge in [-0.15, -0.1) is 0 Å². The Balaban J connectivity index is 1.75. The van der Waals surface area contributed by atoms with Gasteiger partial charge in [0.1, 0.15) is 12.1 Å². The van der Waals surface area contributed by atoms with E-state index in [0.29, 0.717) is 16.7 Å². The third kappa shape index (κ3) is 4.14. The number of anilines is 3. The number of amides is 2. The highest BCUT2D eigenvalue weighted by atomic mass is 35.5. The molecular formula is C21H21ClN6O. The fraction of sp³-hybridized carbons (Fsp3) is 0.238. The molecule has 8 heteroatoms. The summed E-state index contributed by atoms with van der Waals surface area (Å²) >= 11 is 6.15. The summed E-state index contributed by atoms with van der Waals surface area (Å²) in [4.78, 5) is 27.8. The number of carbonyl (C=O) groups excluding carboxylic acids is 1. The van der Waals surface area contributed by atoms with Crippen molar-refractivity contribution in [2.24, 2.45) is 0 Å². The number of halogens is 1. The predicted octanol–water partition coefficient (Wildman–Crippen LogP) is 4.82. The van der Waals surface area contributed by atoms with Crippen molar-refractivity contribution in [3.05, 3.63) is 60.0 Å². The van der Waals surface area contributed by atoms with Gasteiger partial charge in [-0.25, -0.2) is 19.7 Å². The molecule has 4 rings (SSSR count). The summed E-state index contributed by atoms with van der Waals surface area (Å²) in [7, 11) is 0. The molecule has 0 bridgehead atoms. The van der Waals surface area contributed by atoms with Gasteiger partial charge >= 0.3 is 6.03 Å². The maximum absolute atomic E-state index is 13.2. The van der Waals surface area contributed by atoms with Gasteiger partial charge in [-0.2, -0.15) is 0 Å². The fourth-order valence-electron chi connectivity index (χ4n) is 3.44. The third-order valence-corrected chi connectivity index (χ3v) is 5.12. The SMILES string of the molecule is CC[C@H]1CCNc2ccc(-c3cccc(Cl)c3)nc2N1C(=O)Nc1ccncn1. The summed E-state index contributed by atoms with van der Waals surface area (Å²) in [6.07, 6.45) is 4.62. The van der Waals surface area contributed by atoms with E-state index >= 15 is 0 Å². The molecule has 2 aromatic heterocycles. The molecule has 1 aliphatic heterocycles. The van der Waals surface area contributed by atoms with E-state index in [4.69, 9.17) is 16.6 Å². The van der Waals surface area contributed by atoms with E-state index in [0.717, 1.165) is 36.3 Å². The van der Waals surface area contributed by atoms with Crippen LogP contribution in [-0.4, -0.2) is 33.6 Å². The zero-order valence-corrected chi connectivity index (χ0v) is 16.7. The molecule has 148 valence electrons. The molecule has 29 heavy (non-hydrogen) atoms. The van der Waals surface area contributed by atoms with Gasteiger partial charge < -0.3 is 5.32 Å². The minimum atomic E-state index is -0.267. The molecule has 0 saturated heterocycles. The summed E-state index contributed by atoms with van der Waals surface area (Å²) in [6, 6.07) is 12.8. The summed E-state index contributed by atoms with van der Waals surface area (Å²) in [5.74, 6) is 1.04. The number of nitrogens with zero attached hydrogens (tertiary/aromatic N) is 4. The van der Waals surface area contributed by atoms with Crippen LogP contribution in [0.15, 0.2) is 55.0 Å². The Bertz CT molecular complexity index is 1010. The predicted molar refractivity (Wildman–Crippen MR) is 115 cm³/mol. The molecule has 0 aliphatic carbocycles. The van der Waals surface area contributed by atoms with E-state index in [1.54, 1.807) is 17.2 Å². The monoisotopic (exact) mass is 408 g/mol. The van der Waals surface area contributed by atoms with Gasteiger partial charge in [-0.05, 0) is 43.2 Å². The van der Waals surface area contributed by atoms with Gasteiger partial charge in [0.15, 0.2) is 5.82 Å². The number of hydrogen-bond acceptors (Lipinski definition) is 5. The average molecular weight is 409 g/mol. The van der Waals surface area contributed by atoms with E-state index < -0.39 is 0 Å². The molecule has 0 unspecified atom stereocenters. The van der Waals surface area contributed by atoms with Crippen LogP contribution in [-0.2, 0) is 0 Å². The first-order valence-electron chi connectivity index (χ1n) is 9.53. The Kier molecular flexibility index (Phi) is 5.57. The first-order valence-corrected chi connectivity index (χ1v) is 9.90. The van der Waals surface area contributed by atoms with E-state index in [1.807, 2.05) is 36.4 Å².